The third-order valence-corrected chi connectivity index (χ3v) is 4.16. The van der Waals surface area contributed by atoms with E-state index >= 15 is 0 Å². The Morgan fingerprint density at radius 3 is 2.45 bits per heavy atom. The average molecular weight is 302 g/mol. The van der Waals surface area contributed by atoms with Crippen LogP contribution in [0.1, 0.15) is 0 Å². The van der Waals surface area contributed by atoms with Gasteiger partial charge in [-0.3, -0.25) is 9.59 Å². The number of nitrogens with one attached hydrogen (secondary N) is 2. The Labute approximate surface area is 113 Å². The molecule has 2 amide bonds. The van der Waals surface area contributed by atoms with Gasteiger partial charge >= 0.3 is 0 Å². The van der Waals surface area contributed by atoms with E-state index in [-0.39, 0.29) is 11.4 Å². The van der Waals surface area contributed by atoms with Crippen LogP contribution in [-0.4, -0.2) is 38.0 Å². The van der Waals surface area contributed by atoms with Crippen LogP contribution in [0, 0.1) is 11.7 Å². The van der Waals surface area contributed by atoms with E-state index in [1.165, 1.54) is 0 Å². The van der Waals surface area contributed by atoms with E-state index in [2.05, 4.69) is 5.32 Å². The normalized spacial score (nSPS) is 22.4. The summed E-state index contributed by atoms with van der Waals surface area (Å²) in [5.41, 5.74) is 0. The number of carbonyl (C=O) groups is 2. The molecular formula is C11H11FN2O5S. The predicted molar refractivity (Wildman–Crippen MR) is 64.2 cm³/mol. The zero-order valence-electron chi connectivity index (χ0n) is 10.0. The van der Waals surface area contributed by atoms with E-state index in [0.717, 1.165) is 24.3 Å². The molecule has 0 radical (unpaired) electrons. The zero-order valence-corrected chi connectivity index (χ0v) is 10.9. The van der Waals surface area contributed by atoms with Gasteiger partial charge in [0.25, 0.3) is 10.0 Å². The molecule has 1 aliphatic heterocycles. The molecule has 1 aromatic rings. The Balaban J connectivity index is 2.18. The summed E-state index contributed by atoms with van der Waals surface area (Å²) >= 11 is 0. The lowest BCUT2D eigenvalue weighted by atomic mass is 10.1. The van der Waals surface area contributed by atoms with Crippen LogP contribution in [0.25, 0.3) is 0 Å². The van der Waals surface area contributed by atoms with Crippen molar-refractivity contribution in [1.29, 1.82) is 0 Å². The quantitative estimate of drug-likeness (QED) is 0.603. The lowest BCUT2D eigenvalue weighted by Gasteiger charge is -2.12. The molecule has 1 saturated heterocycles. The molecule has 0 saturated carbocycles. The zero-order chi connectivity index (χ0) is 14.9. The summed E-state index contributed by atoms with van der Waals surface area (Å²) in [5.74, 6) is -3.98. The van der Waals surface area contributed by atoms with Crippen LogP contribution in [0.3, 0.4) is 0 Å². The topological polar surface area (TPSA) is 113 Å². The summed E-state index contributed by atoms with van der Waals surface area (Å²) in [6.07, 6.45) is -1.29. The maximum atomic E-state index is 12.7. The van der Waals surface area contributed by atoms with Gasteiger partial charge in [0, 0.05) is 6.54 Å². The van der Waals surface area contributed by atoms with Crippen molar-refractivity contribution in [3.63, 3.8) is 0 Å². The number of aliphatic hydroxyl groups excluding tert-OH is 1. The number of sulfonamides is 1. The van der Waals surface area contributed by atoms with Crippen molar-refractivity contribution >= 4 is 21.8 Å². The van der Waals surface area contributed by atoms with E-state index in [1.807, 2.05) is 0 Å². The maximum Gasteiger partial charge on any atom is 0.264 e. The highest BCUT2D eigenvalue weighted by molar-refractivity contribution is 7.90. The number of carbonyl (C=O) groups excluding carboxylic acids is 2. The van der Waals surface area contributed by atoms with Gasteiger partial charge in [0.2, 0.25) is 11.8 Å². The highest BCUT2D eigenvalue weighted by Crippen LogP contribution is 2.14. The minimum absolute atomic E-state index is 0.118. The molecule has 20 heavy (non-hydrogen) atoms. The minimum Gasteiger partial charge on any atom is -0.390 e. The molecular weight excluding hydrogens is 291 g/mol. The molecule has 0 aliphatic carbocycles. The van der Waals surface area contributed by atoms with Crippen LogP contribution in [0.5, 0.6) is 0 Å². The maximum absolute atomic E-state index is 12.7. The second-order valence-corrected chi connectivity index (χ2v) is 5.90. The van der Waals surface area contributed by atoms with Gasteiger partial charge in [0.1, 0.15) is 11.7 Å². The summed E-state index contributed by atoms with van der Waals surface area (Å²) in [5, 5.41) is 11.7. The number of hydrogen-bond donors (Lipinski definition) is 3. The van der Waals surface area contributed by atoms with Gasteiger partial charge in [0.05, 0.1) is 11.0 Å². The SMILES string of the molecule is O=C1NCC(O)C1C(=O)NS(=O)(=O)c1ccc(F)cc1. The lowest BCUT2D eigenvalue weighted by Crippen LogP contribution is -2.42. The summed E-state index contributed by atoms with van der Waals surface area (Å²) in [7, 11) is -4.22. The number of halogens is 1. The smallest absolute Gasteiger partial charge is 0.264 e. The van der Waals surface area contributed by atoms with Crippen molar-refractivity contribution < 1.29 is 27.5 Å². The van der Waals surface area contributed by atoms with Crippen molar-refractivity contribution in [3.8, 4) is 0 Å². The van der Waals surface area contributed by atoms with Gasteiger partial charge in [-0.25, -0.2) is 17.5 Å². The molecule has 7 nitrogen and oxygen atoms in total. The lowest BCUT2D eigenvalue weighted by molar-refractivity contribution is -0.134. The van der Waals surface area contributed by atoms with Crippen molar-refractivity contribution in [1.82, 2.24) is 10.0 Å². The number of rotatable bonds is 3. The van der Waals surface area contributed by atoms with E-state index < -0.39 is 39.7 Å². The Bertz CT molecular complexity index is 643. The number of amides is 2. The second kappa shape index (κ2) is 5.17. The monoisotopic (exact) mass is 302 g/mol. The van der Waals surface area contributed by atoms with Gasteiger partial charge in [-0.2, -0.15) is 0 Å². The van der Waals surface area contributed by atoms with Crippen molar-refractivity contribution in [3.05, 3.63) is 30.1 Å². The third-order valence-electron chi connectivity index (χ3n) is 2.79. The Morgan fingerprint density at radius 1 is 1.35 bits per heavy atom. The number of hydrogen-bond acceptors (Lipinski definition) is 5. The van der Waals surface area contributed by atoms with Gasteiger partial charge in [0.15, 0.2) is 0 Å². The molecule has 1 fully saturated rings. The Hall–Kier alpha value is -2.00. The summed E-state index contributed by atoms with van der Waals surface area (Å²) in [6.45, 7) is -0.118. The molecule has 2 atom stereocenters. The van der Waals surface area contributed by atoms with E-state index in [9.17, 15) is 27.5 Å². The minimum atomic E-state index is -4.22. The summed E-state index contributed by atoms with van der Waals surface area (Å²) < 4.78 is 38.1. The van der Waals surface area contributed by atoms with Crippen LogP contribution in [-0.2, 0) is 19.6 Å². The Kier molecular flexibility index (Phi) is 3.73. The molecule has 0 bridgehead atoms. The van der Waals surface area contributed by atoms with E-state index in [4.69, 9.17) is 0 Å². The Morgan fingerprint density at radius 2 is 1.95 bits per heavy atom. The average Bonchev–Trinajstić information content (AvgIpc) is 2.69. The van der Waals surface area contributed by atoms with Crippen LogP contribution >= 0.6 is 0 Å². The summed E-state index contributed by atoms with van der Waals surface area (Å²) in [6, 6.07) is 3.82. The standard InChI is InChI=1S/C11H11FN2O5S/c12-6-1-3-7(4-2-6)20(18,19)14-11(17)9-8(15)5-13-10(9)16/h1-4,8-9,15H,5H2,(H,13,16)(H,14,17). The van der Waals surface area contributed by atoms with E-state index in [1.54, 1.807) is 4.72 Å². The van der Waals surface area contributed by atoms with Gasteiger partial charge in [-0.15, -0.1) is 0 Å². The fraction of sp³-hybridized carbons (Fsp3) is 0.273. The van der Waals surface area contributed by atoms with E-state index in [0.29, 0.717) is 0 Å². The molecule has 2 rings (SSSR count). The van der Waals surface area contributed by atoms with Crippen LogP contribution < -0.4 is 10.0 Å². The fourth-order valence-corrected chi connectivity index (χ4v) is 2.77. The molecule has 9 heteroatoms. The molecule has 108 valence electrons. The van der Waals surface area contributed by atoms with Crippen molar-refractivity contribution in [2.45, 2.75) is 11.0 Å². The molecule has 3 N–H and O–H groups in total. The highest BCUT2D eigenvalue weighted by Gasteiger charge is 2.40. The first-order valence-corrected chi connectivity index (χ1v) is 7.07. The number of aliphatic hydroxyl groups is 1. The van der Waals surface area contributed by atoms with Gasteiger partial charge in [-0.1, -0.05) is 0 Å². The van der Waals surface area contributed by atoms with Crippen LogP contribution in [0.2, 0.25) is 0 Å². The number of benzene rings is 1. The first-order chi connectivity index (χ1) is 9.31. The first-order valence-electron chi connectivity index (χ1n) is 5.59. The predicted octanol–water partition coefficient (Wildman–Crippen LogP) is -1.26. The van der Waals surface area contributed by atoms with Crippen molar-refractivity contribution in [2.75, 3.05) is 6.54 Å². The molecule has 2 unspecified atom stereocenters. The van der Waals surface area contributed by atoms with Crippen LogP contribution in [0.15, 0.2) is 29.2 Å². The van der Waals surface area contributed by atoms with Crippen LogP contribution in [0.4, 0.5) is 4.39 Å². The molecule has 0 aromatic heterocycles. The fourth-order valence-electron chi connectivity index (χ4n) is 1.77. The molecule has 1 aromatic carbocycles. The number of β-amino-alcohol motifs (C(OH)–C–C–N with tert-alkyl or cyclic N) is 1. The first kappa shape index (κ1) is 14.4. The van der Waals surface area contributed by atoms with Crippen molar-refractivity contribution in [2.24, 2.45) is 5.92 Å². The largest absolute Gasteiger partial charge is 0.390 e. The van der Waals surface area contributed by atoms with Gasteiger partial charge in [-0.05, 0) is 24.3 Å². The van der Waals surface area contributed by atoms with Gasteiger partial charge < -0.3 is 10.4 Å². The molecule has 1 heterocycles. The summed E-state index contributed by atoms with van der Waals surface area (Å²) in [4.78, 5) is 22.7. The highest BCUT2D eigenvalue weighted by atomic mass is 32.2. The third kappa shape index (κ3) is 2.78. The molecule has 0 spiro atoms. The molecule has 1 aliphatic rings. The second-order valence-electron chi connectivity index (χ2n) is 4.21.